The summed E-state index contributed by atoms with van der Waals surface area (Å²) in [5, 5.41) is 19.2. The van der Waals surface area contributed by atoms with Gasteiger partial charge < -0.3 is 5.32 Å². The van der Waals surface area contributed by atoms with Crippen molar-refractivity contribution in [2.24, 2.45) is 0 Å². The van der Waals surface area contributed by atoms with Crippen LogP contribution < -0.4 is 5.32 Å². The number of hydrogen-bond donors (Lipinski definition) is 2. The highest BCUT2D eigenvalue weighted by atomic mass is 15.1. The van der Waals surface area contributed by atoms with E-state index in [9.17, 15) is 0 Å². The lowest BCUT2D eigenvalue weighted by atomic mass is 10.1. The minimum absolute atomic E-state index is 0.695. The third-order valence-electron chi connectivity index (χ3n) is 2.99. The van der Waals surface area contributed by atoms with E-state index >= 15 is 0 Å². The number of nitriles is 1. The molecule has 2 aromatic rings. The van der Waals surface area contributed by atoms with E-state index in [2.05, 4.69) is 21.6 Å². The Morgan fingerprint density at radius 2 is 1.94 bits per heavy atom. The van der Waals surface area contributed by atoms with Gasteiger partial charge >= 0.3 is 0 Å². The van der Waals surface area contributed by atoms with Crippen molar-refractivity contribution in [3.05, 3.63) is 52.3 Å². The largest absolute Gasteiger partial charge is 0.308 e. The van der Waals surface area contributed by atoms with Gasteiger partial charge in [-0.05, 0) is 31.5 Å². The van der Waals surface area contributed by atoms with Crippen LogP contribution in [0.25, 0.3) is 0 Å². The number of rotatable bonds is 4. The van der Waals surface area contributed by atoms with Gasteiger partial charge in [0.25, 0.3) is 0 Å². The number of aromatic nitrogens is 2. The van der Waals surface area contributed by atoms with Gasteiger partial charge in [-0.15, -0.1) is 0 Å². The van der Waals surface area contributed by atoms with E-state index in [0.29, 0.717) is 5.56 Å². The summed E-state index contributed by atoms with van der Waals surface area (Å²) >= 11 is 0. The first-order valence-corrected chi connectivity index (χ1v) is 5.91. The van der Waals surface area contributed by atoms with Crippen LogP contribution in [0, 0.1) is 25.2 Å². The molecule has 0 saturated carbocycles. The Labute approximate surface area is 107 Å². The molecule has 0 bridgehead atoms. The zero-order chi connectivity index (χ0) is 13.0. The average Bonchev–Trinajstić information content (AvgIpc) is 2.71. The fraction of sp³-hybridized carbons (Fsp3) is 0.286. The molecule has 92 valence electrons. The predicted octanol–water partition coefficient (Wildman–Crippen LogP) is 2.19. The lowest BCUT2D eigenvalue weighted by Crippen LogP contribution is -2.13. The van der Waals surface area contributed by atoms with E-state index in [1.807, 2.05) is 38.1 Å². The molecule has 0 saturated heterocycles. The molecule has 4 nitrogen and oxygen atoms in total. The van der Waals surface area contributed by atoms with Crippen LogP contribution in [0.15, 0.2) is 24.3 Å². The summed E-state index contributed by atoms with van der Waals surface area (Å²) in [6, 6.07) is 9.74. The van der Waals surface area contributed by atoms with Gasteiger partial charge in [0, 0.05) is 24.3 Å². The second kappa shape index (κ2) is 5.48. The average molecular weight is 240 g/mol. The van der Waals surface area contributed by atoms with Crippen molar-refractivity contribution in [1.82, 2.24) is 15.5 Å². The molecule has 4 heteroatoms. The Morgan fingerprint density at radius 1 is 1.22 bits per heavy atom. The highest BCUT2D eigenvalue weighted by Crippen LogP contribution is 2.09. The number of aromatic amines is 1. The monoisotopic (exact) mass is 240 g/mol. The summed E-state index contributed by atoms with van der Waals surface area (Å²) in [5.74, 6) is 0. The lowest BCUT2D eigenvalue weighted by molar-refractivity contribution is 0.688. The molecule has 2 rings (SSSR count). The molecule has 18 heavy (non-hydrogen) atoms. The third-order valence-corrected chi connectivity index (χ3v) is 2.99. The van der Waals surface area contributed by atoms with E-state index in [-0.39, 0.29) is 0 Å². The highest BCUT2D eigenvalue weighted by molar-refractivity contribution is 5.31. The molecular formula is C14H16N4. The number of benzene rings is 1. The van der Waals surface area contributed by atoms with Gasteiger partial charge in [0.15, 0.2) is 0 Å². The van der Waals surface area contributed by atoms with Crippen LogP contribution in [-0.4, -0.2) is 10.2 Å². The van der Waals surface area contributed by atoms with Crippen LogP contribution in [0.1, 0.15) is 28.1 Å². The van der Waals surface area contributed by atoms with Crippen molar-refractivity contribution in [3.63, 3.8) is 0 Å². The van der Waals surface area contributed by atoms with E-state index in [4.69, 9.17) is 5.26 Å². The topological polar surface area (TPSA) is 64.5 Å². The van der Waals surface area contributed by atoms with Crippen LogP contribution in [-0.2, 0) is 13.1 Å². The molecule has 0 radical (unpaired) electrons. The molecule has 2 N–H and O–H groups in total. The van der Waals surface area contributed by atoms with Gasteiger partial charge in [0.1, 0.15) is 0 Å². The molecule has 0 fully saturated rings. The molecule has 0 atom stereocenters. The predicted molar refractivity (Wildman–Crippen MR) is 69.8 cm³/mol. The standard InChI is InChI=1S/C14H16N4/c1-10-14(11(2)18-17-10)9-16-8-13-5-3-12(7-15)4-6-13/h3-6,16H,8-9H2,1-2H3,(H,17,18). The first-order chi connectivity index (χ1) is 8.70. The Bertz CT molecular complexity index is 541. The van der Waals surface area contributed by atoms with Gasteiger partial charge in [0.2, 0.25) is 0 Å². The SMILES string of the molecule is Cc1n[nH]c(C)c1CNCc1ccc(C#N)cc1. The van der Waals surface area contributed by atoms with Gasteiger partial charge in [-0.3, -0.25) is 5.10 Å². The van der Waals surface area contributed by atoms with Crippen LogP contribution in [0.5, 0.6) is 0 Å². The van der Waals surface area contributed by atoms with Crippen LogP contribution >= 0.6 is 0 Å². The molecule has 0 amide bonds. The summed E-state index contributed by atoms with van der Waals surface area (Å²) in [4.78, 5) is 0. The van der Waals surface area contributed by atoms with Crippen LogP contribution in [0.2, 0.25) is 0 Å². The molecule has 1 heterocycles. The van der Waals surface area contributed by atoms with E-state index < -0.39 is 0 Å². The van der Waals surface area contributed by atoms with E-state index in [0.717, 1.165) is 24.5 Å². The molecule has 0 spiro atoms. The maximum Gasteiger partial charge on any atom is 0.0991 e. The Balaban J connectivity index is 1.91. The zero-order valence-electron chi connectivity index (χ0n) is 10.6. The summed E-state index contributed by atoms with van der Waals surface area (Å²) in [6.45, 7) is 5.62. The third kappa shape index (κ3) is 2.76. The van der Waals surface area contributed by atoms with Crippen LogP contribution in [0.4, 0.5) is 0 Å². The van der Waals surface area contributed by atoms with E-state index in [1.54, 1.807) is 0 Å². The fourth-order valence-electron chi connectivity index (χ4n) is 1.86. The van der Waals surface area contributed by atoms with Gasteiger partial charge in [-0.1, -0.05) is 12.1 Å². The smallest absolute Gasteiger partial charge is 0.0991 e. The maximum atomic E-state index is 8.71. The Kier molecular flexibility index (Phi) is 3.75. The Morgan fingerprint density at radius 3 is 2.50 bits per heavy atom. The number of nitrogens with zero attached hydrogens (tertiary/aromatic N) is 2. The summed E-state index contributed by atoms with van der Waals surface area (Å²) in [5.41, 5.74) is 5.25. The first-order valence-electron chi connectivity index (χ1n) is 5.91. The van der Waals surface area contributed by atoms with Gasteiger partial charge in [-0.2, -0.15) is 10.4 Å². The number of H-pyrrole nitrogens is 1. The number of nitrogens with one attached hydrogen (secondary N) is 2. The molecule has 0 aliphatic carbocycles. The Hall–Kier alpha value is -2.12. The molecule has 0 aliphatic heterocycles. The summed E-state index contributed by atoms with van der Waals surface area (Å²) in [6.07, 6.45) is 0. The lowest BCUT2D eigenvalue weighted by Gasteiger charge is -2.05. The van der Waals surface area contributed by atoms with Crippen molar-refractivity contribution in [3.8, 4) is 6.07 Å². The minimum atomic E-state index is 0.695. The van der Waals surface area contributed by atoms with Gasteiger partial charge in [-0.25, -0.2) is 0 Å². The van der Waals surface area contributed by atoms with Crippen molar-refractivity contribution in [2.45, 2.75) is 26.9 Å². The van der Waals surface area contributed by atoms with Crippen LogP contribution in [0.3, 0.4) is 0 Å². The van der Waals surface area contributed by atoms with E-state index in [1.165, 1.54) is 11.1 Å². The number of hydrogen-bond acceptors (Lipinski definition) is 3. The first kappa shape index (κ1) is 12.3. The molecule has 1 aromatic carbocycles. The zero-order valence-corrected chi connectivity index (χ0v) is 10.6. The molecule has 0 unspecified atom stereocenters. The van der Waals surface area contributed by atoms with Crippen molar-refractivity contribution in [1.29, 1.82) is 5.26 Å². The quantitative estimate of drug-likeness (QED) is 0.861. The van der Waals surface area contributed by atoms with Crippen molar-refractivity contribution >= 4 is 0 Å². The fourth-order valence-corrected chi connectivity index (χ4v) is 1.86. The highest BCUT2D eigenvalue weighted by Gasteiger charge is 2.05. The molecular weight excluding hydrogens is 224 g/mol. The van der Waals surface area contributed by atoms with Crippen molar-refractivity contribution < 1.29 is 0 Å². The second-order valence-electron chi connectivity index (χ2n) is 4.32. The minimum Gasteiger partial charge on any atom is -0.308 e. The normalized spacial score (nSPS) is 10.3. The number of aryl methyl sites for hydroxylation is 2. The summed E-state index contributed by atoms with van der Waals surface area (Å²) in [7, 11) is 0. The molecule has 1 aromatic heterocycles. The second-order valence-corrected chi connectivity index (χ2v) is 4.32. The van der Waals surface area contributed by atoms with Gasteiger partial charge in [0.05, 0.1) is 17.3 Å². The van der Waals surface area contributed by atoms with Crippen molar-refractivity contribution in [2.75, 3.05) is 0 Å². The summed E-state index contributed by atoms with van der Waals surface area (Å²) < 4.78 is 0. The maximum absolute atomic E-state index is 8.71. The molecule has 0 aliphatic rings.